The summed E-state index contributed by atoms with van der Waals surface area (Å²) in [5, 5.41) is 3.65. The zero-order valence-corrected chi connectivity index (χ0v) is 18.0. The number of fused-ring (bicyclic) bond motifs is 1. The summed E-state index contributed by atoms with van der Waals surface area (Å²) in [6, 6.07) is 14.1. The van der Waals surface area contributed by atoms with E-state index in [4.69, 9.17) is 10.5 Å². The number of nitrogens with one attached hydrogen (secondary N) is 1. The van der Waals surface area contributed by atoms with Crippen LogP contribution >= 0.6 is 0 Å². The number of carbonyl (C=O) groups excluding carboxylic acids is 1. The topological polar surface area (TPSA) is 108 Å². The van der Waals surface area contributed by atoms with Crippen LogP contribution in [-0.2, 0) is 24.8 Å². The largest absolute Gasteiger partial charge is 0.492 e. The van der Waals surface area contributed by atoms with Gasteiger partial charge in [0.05, 0.1) is 23.5 Å². The van der Waals surface area contributed by atoms with Crippen LogP contribution in [0.5, 0.6) is 5.75 Å². The maximum Gasteiger partial charge on any atom is 0.331 e. The maximum absolute atomic E-state index is 12.7. The lowest BCUT2D eigenvalue weighted by molar-refractivity contribution is -0.120. The predicted molar refractivity (Wildman–Crippen MR) is 120 cm³/mol. The van der Waals surface area contributed by atoms with Gasteiger partial charge >= 0.3 is 5.69 Å². The first kappa shape index (κ1) is 22.3. The summed E-state index contributed by atoms with van der Waals surface area (Å²) in [6.07, 6.45) is 0.482. The van der Waals surface area contributed by atoms with E-state index in [1.807, 2.05) is 26.0 Å². The Morgan fingerprint density at radius 2 is 1.77 bits per heavy atom. The summed E-state index contributed by atoms with van der Waals surface area (Å²) < 4.78 is 8.38. The van der Waals surface area contributed by atoms with Crippen molar-refractivity contribution in [3.8, 4) is 5.75 Å². The average molecular weight is 425 g/mol. The number of nitrogens with zero attached hydrogens (tertiary/aromatic N) is 2. The minimum atomic E-state index is -0.442. The van der Waals surface area contributed by atoms with Gasteiger partial charge in [-0.1, -0.05) is 38.1 Å². The number of aromatic nitrogens is 2. The lowest BCUT2D eigenvalue weighted by atomic mass is 10.0. The number of amides is 1. The Bertz CT molecular complexity index is 1180. The molecular formula is C23H28N4O4. The summed E-state index contributed by atoms with van der Waals surface area (Å²) in [7, 11) is 1.65. The van der Waals surface area contributed by atoms with Crippen LogP contribution < -0.4 is 27.0 Å². The molecule has 2 aromatic carbocycles. The van der Waals surface area contributed by atoms with E-state index in [0.29, 0.717) is 23.1 Å². The third kappa shape index (κ3) is 5.21. The lowest BCUT2D eigenvalue weighted by Crippen LogP contribution is -2.45. The highest BCUT2D eigenvalue weighted by Crippen LogP contribution is 2.14. The molecule has 0 aliphatic heterocycles. The van der Waals surface area contributed by atoms with Crippen LogP contribution in [0.2, 0.25) is 0 Å². The second kappa shape index (κ2) is 9.61. The minimum Gasteiger partial charge on any atom is -0.492 e. The second-order valence-electron chi connectivity index (χ2n) is 7.79. The van der Waals surface area contributed by atoms with Crippen molar-refractivity contribution in [3.63, 3.8) is 0 Å². The van der Waals surface area contributed by atoms with E-state index in [1.165, 1.54) is 9.13 Å². The fourth-order valence-corrected chi connectivity index (χ4v) is 3.52. The van der Waals surface area contributed by atoms with Gasteiger partial charge in [-0.2, -0.15) is 0 Å². The summed E-state index contributed by atoms with van der Waals surface area (Å²) in [5.41, 5.74) is 6.32. The van der Waals surface area contributed by atoms with Gasteiger partial charge in [0.2, 0.25) is 5.91 Å². The first-order chi connectivity index (χ1) is 14.8. The van der Waals surface area contributed by atoms with Crippen LogP contribution in [0.25, 0.3) is 10.9 Å². The van der Waals surface area contributed by atoms with E-state index in [0.717, 1.165) is 5.56 Å². The van der Waals surface area contributed by atoms with Crippen molar-refractivity contribution in [1.82, 2.24) is 14.5 Å². The van der Waals surface area contributed by atoms with E-state index in [9.17, 15) is 14.4 Å². The minimum absolute atomic E-state index is 0.139. The highest BCUT2D eigenvalue weighted by molar-refractivity contribution is 5.80. The molecule has 1 atom stereocenters. The second-order valence-corrected chi connectivity index (χ2v) is 7.79. The molecule has 1 aromatic heterocycles. The van der Waals surface area contributed by atoms with E-state index >= 15 is 0 Å². The van der Waals surface area contributed by atoms with Gasteiger partial charge in [-0.15, -0.1) is 0 Å². The quantitative estimate of drug-likeness (QED) is 0.536. The zero-order chi connectivity index (χ0) is 22.5. The van der Waals surface area contributed by atoms with Gasteiger partial charge < -0.3 is 15.8 Å². The molecule has 3 aromatic rings. The van der Waals surface area contributed by atoms with Crippen molar-refractivity contribution < 1.29 is 9.53 Å². The highest BCUT2D eigenvalue weighted by atomic mass is 16.5. The SMILES string of the molecule is CC(C)NC(Cc1ccc(OCCn2c(=O)c3ccccc3n(C)c2=O)cc1)C(N)=O. The van der Waals surface area contributed by atoms with Gasteiger partial charge in [-0.25, -0.2) is 4.79 Å². The van der Waals surface area contributed by atoms with Gasteiger partial charge in [0.1, 0.15) is 12.4 Å². The summed E-state index contributed by atoms with van der Waals surface area (Å²) in [6.45, 7) is 4.23. The molecule has 1 unspecified atom stereocenters. The standard InChI is InChI=1S/C23H28N4O4/c1-15(2)25-19(21(24)28)14-16-8-10-17(11-9-16)31-13-12-27-22(29)18-6-4-5-7-20(18)26(3)23(27)30/h4-11,15,19,25H,12-14H2,1-3H3,(H2,24,28). The number of carbonyl (C=O) groups is 1. The fraction of sp³-hybridized carbons (Fsp3) is 0.348. The van der Waals surface area contributed by atoms with Crippen LogP contribution in [0.1, 0.15) is 19.4 Å². The number of aryl methyl sites for hydroxylation is 1. The van der Waals surface area contributed by atoms with Gasteiger partial charge in [-0.3, -0.25) is 18.7 Å². The van der Waals surface area contributed by atoms with Gasteiger partial charge in [-0.05, 0) is 36.2 Å². The Morgan fingerprint density at radius 1 is 1.10 bits per heavy atom. The van der Waals surface area contributed by atoms with Crippen molar-refractivity contribution >= 4 is 16.8 Å². The number of ether oxygens (including phenoxy) is 1. The molecule has 0 aliphatic carbocycles. The van der Waals surface area contributed by atoms with Crippen molar-refractivity contribution in [2.75, 3.05) is 6.61 Å². The van der Waals surface area contributed by atoms with Crippen LogP contribution in [0, 0.1) is 0 Å². The number of primary amides is 1. The first-order valence-electron chi connectivity index (χ1n) is 10.2. The van der Waals surface area contributed by atoms with Gasteiger partial charge in [0, 0.05) is 13.1 Å². The highest BCUT2D eigenvalue weighted by Gasteiger charge is 2.16. The lowest BCUT2D eigenvalue weighted by Gasteiger charge is -2.18. The number of hydrogen-bond donors (Lipinski definition) is 2. The molecule has 1 amide bonds. The molecule has 0 aliphatic rings. The van der Waals surface area contributed by atoms with Crippen molar-refractivity contribution in [2.45, 2.75) is 38.9 Å². The van der Waals surface area contributed by atoms with Crippen molar-refractivity contribution in [3.05, 3.63) is 74.9 Å². The first-order valence-corrected chi connectivity index (χ1v) is 10.2. The molecule has 3 rings (SSSR count). The monoisotopic (exact) mass is 424 g/mol. The van der Waals surface area contributed by atoms with E-state index < -0.39 is 11.9 Å². The molecule has 3 N–H and O–H groups in total. The summed E-state index contributed by atoms with van der Waals surface area (Å²) >= 11 is 0. The Labute approximate surface area is 180 Å². The molecule has 0 bridgehead atoms. The fourth-order valence-electron chi connectivity index (χ4n) is 3.52. The Kier molecular flexibility index (Phi) is 6.91. The van der Waals surface area contributed by atoms with Crippen LogP contribution in [-0.4, -0.2) is 33.7 Å². The Balaban J connectivity index is 1.66. The smallest absolute Gasteiger partial charge is 0.331 e. The molecule has 164 valence electrons. The summed E-state index contributed by atoms with van der Waals surface area (Å²) in [4.78, 5) is 36.8. The molecule has 0 fully saturated rings. The molecule has 0 spiro atoms. The molecule has 8 heteroatoms. The van der Waals surface area contributed by atoms with Crippen LogP contribution in [0.15, 0.2) is 58.1 Å². The summed E-state index contributed by atoms with van der Waals surface area (Å²) in [5.74, 6) is 0.221. The Morgan fingerprint density at radius 3 is 2.42 bits per heavy atom. The van der Waals surface area contributed by atoms with Crippen LogP contribution in [0.3, 0.4) is 0 Å². The average Bonchev–Trinajstić information content (AvgIpc) is 2.75. The molecular weight excluding hydrogens is 396 g/mol. The number of rotatable bonds is 9. The molecule has 0 saturated heterocycles. The third-order valence-electron chi connectivity index (χ3n) is 5.08. The Hall–Kier alpha value is -3.39. The molecule has 0 saturated carbocycles. The number of nitrogens with two attached hydrogens (primary N) is 1. The normalized spacial score (nSPS) is 12.3. The molecule has 0 radical (unpaired) electrons. The number of para-hydroxylation sites is 1. The number of hydrogen-bond acceptors (Lipinski definition) is 5. The maximum atomic E-state index is 12.7. The molecule has 8 nitrogen and oxygen atoms in total. The third-order valence-corrected chi connectivity index (χ3v) is 5.08. The van der Waals surface area contributed by atoms with Crippen molar-refractivity contribution in [2.24, 2.45) is 12.8 Å². The van der Waals surface area contributed by atoms with E-state index in [-0.39, 0.29) is 30.4 Å². The van der Waals surface area contributed by atoms with Gasteiger partial charge in [0.25, 0.3) is 5.56 Å². The van der Waals surface area contributed by atoms with E-state index in [2.05, 4.69) is 5.32 Å². The number of benzene rings is 2. The van der Waals surface area contributed by atoms with Crippen LogP contribution in [0.4, 0.5) is 0 Å². The molecule has 31 heavy (non-hydrogen) atoms. The van der Waals surface area contributed by atoms with Crippen molar-refractivity contribution in [1.29, 1.82) is 0 Å². The van der Waals surface area contributed by atoms with E-state index in [1.54, 1.807) is 43.4 Å². The predicted octanol–water partition coefficient (Wildman–Crippen LogP) is 1.17. The zero-order valence-electron chi connectivity index (χ0n) is 18.0. The van der Waals surface area contributed by atoms with Gasteiger partial charge in [0.15, 0.2) is 0 Å². The molecule has 1 heterocycles.